The second-order valence-electron chi connectivity index (χ2n) is 4.04. The molecule has 0 aliphatic carbocycles. The molecule has 1 N–H and O–H groups in total. The zero-order chi connectivity index (χ0) is 14.2. The summed E-state index contributed by atoms with van der Waals surface area (Å²) in [5.41, 5.74) is 0.0504. The van der Waals surface area contributed by atoms with Crippen molar-refractivity contribution in [2.45, 2.75) is 19.0 Å². The highest BCUT2D eigenvalue weighted by Crippen LogP contribution is 2.29. The van der Waals surface area contributed by atoms with Crippen LogP contribution in [0.3, 0.4) is 0 Å². The van der Waals surface area contributed by atoms with Crippen molar-refractivity contribution < 1.29 is 27.9 Å². The molecule has 1 amide bonds. The van der Waals surface area contributed by atoms with E-state index >= 15 is 0 Å². The number of aromatic nitrogens is 1. The number of carboxylic acids is 1. The number of alkyl halides is 3. The van der Waals surface area contributed by atoms with E-state index in [9.17, 15) is 22.8 Å². The van der Waals surface area contributed by atoms with E-state index in [4.69, 9.17) is 5.11 Å². The predicted molar refractivity (Wildman–Crippen MR) is 57.9 cm³/mol. The molecule has 0 saturated heterocycles. The molecule has 0 radical (unpaired) electrons. The molecule has 1 aromatic rings. The number of fused-ring (bicyclic) bond motifs is 1. The van der Waals surface area contributed by atoms with Crippen LogP contribution in [0, 0.1) is 0 Å². The quantitative estimate of drug-likeness (QED) is 0.844. The third-order valence-electron chi connectivity index (χ3n) is 2.75. The number of carbonyl (C=O) groups is 2. The van der Waals surface area contributed by atoms with Crippen molar-refractivity contribution >= 4 is 17.7 Å². The number of amides is 1. The van der Waals surface area contributed by atoms with Crippen LogP contribution in [0.4, 0.5) is 19.0 Å². The van der Waals surface area contributed by atoms with Crippen LogP contribution in [-0.2, 0) is 11.2 Å². The summed E-state index contributed by atoms with van der Waals surface area (Å²) >= 11 is 0. The van der Waals surface area contributed by atoms with Crippen molar-refractivity contribution in [2.24, 2.45) is 0 Å². The van der Waals surface area contributed by atoms with Gasteiger partial charge in [-0.05, 0) is 24.5 Å². The molecular weight excluding hydrogens is 265 g/mol. The number of pyridine rings is 1. The predicted octanol–water partition coefficient (Wildman–Crippen LogP) is 1.62. The van der Waals surface area contributed by atoms with Gasteiger partial charge >= 0.3 is 18.1 Å². The molecule has 102 valence electrons. The van der Waals surface area contributed by atoms with E-state index in [0.717, 1.165) is 0 Å². The highest BCUT2D eigenvalue weighted by atomic mass is 19.4. The van der Waals surface area contributed by atoms with Gasteiger partial charge in [0.05, 0.1) is 0 Å². The van der Waals surface area contributed by atoms with Gasteiger partial charge in [0.2, 0.25) is 0 Å². The van der Waals surface area contributed by atoms with Crippen molar-refractivity contribution in [1.82, 2.24) is 4.98 Å². The second-order valence-corrected chi connectivity index (χ2v) is 4.04. The van der Waals surface area contributed by atoms with Crippen LogP contribution in [-0.4, -0.2) is 34.7 Å². The number of hydrogen-bond acceptors (Lipinski definition) is 3. The summed E-state index contributed by atoms with van der Waals surface area (Å²) in [7, 11) is 0. The fourth-order valence-corrected chi connectivity index (χ4v) is 1.91. The molecule has 1 aliphatic heterocycles. The first-order chi connectivity index (χ1) is 8.80. The first-order valence-electron chi connectivity index (χ1n) is 5.42. The van der Waals surface area contributed by atoms with E-state index in [-0.39, 0.29) is 18.1 Å². The van der Waals surface area contributed by atoms with Gasteiger partial charge in [-0.3, -0.25) is 9.69 Å². The first-order valence-corrected chi connectivity index (χ1v) is 5.42. The van der Waals surface area contributed by atoms with E-state index in [2.05, 4.69) is 4.98 Å². The van der Waals surface area contributed by atoms with Crippen molar-refractivity contribution in [3.05, 3.63) is 23.4 Å². The van der Waals surface area contributed by atoms with Crippen molar-refractivity contribution in [3.63, 3.8) is 0 Å². The molecule has 0 spiro atoms. The molecule has 0 bridgehead atoms. The number of anilines is 1. The Morgan fingerprint density at radius 1 is 1.32 bits per heavy atom. The number of carbonyl (C=O) groups excluding carboxylic acids is 1. The number of halogens is 3. The molecule has 1 aliphatic rings. The molecule has 0 aromatic carbocycles. The van der Waals surface area contributed by atoms with Crippen molar-refractivity contribution in [3.8, 4) is 0 Å². The zero-order valence-corrected chi connectivity index (χ0v) is 9.57. The van der Waals surface area contributed by atoms with Crippen LogP contribution in [0.1, 0.15) is 22.5 Å². The molecule has 8 heteroatoms. The normalized spacial score (nSPS) is 15.0. The van der Waals surface area contributed by atoms with Gasteiger partial charge in [0.1, 0.15) is 5.82 Å². The summed E-state index contributed by atoms with van der Waals surface area (Å²) in [4.78, 5) is 26.2. The van der Waals surface area contributed by atoms with Crippen LogP contribution >= 0.6 is 0 Å². The second kappa shape index (κ2) is 4.52. The van der Waals surface area contributed by atoms with Gasteiger partial charge < -0.3 is 5.11 Å². The van der Waals surface area contributed by atoms with Crippen LogP contribution in [0.2, 0.25) is 0 Å². The minimum absolute atomic E-state index is 0.124. The van der Waals surface area contributed by atoms with Crippen LogP contribution in [0.15, 0.2) is 12.1 Å². The summed E-state index contributed by atoms with van der Waals surface area (Å²) in [6, 6.07) is 2.60. The van der Waals surface area contributed by atoms with Gasteiger partial charge in [0.25, 0.3) is 0 Å². The molecule has 2 heterocycles. The van der Waals surface area contributed by atoms with Crippen molar-refractivity contribution in [2.75, 3.05) is 11.4 Å². The van der Waals surface area contributed by atoms with E-state index in [0.29, 0.717) is 23.3 Å². The molecular formula is C11H9F3N2O3. The maximum atomic E-state index is 12.5. The van der Waals surface area contributed by atoms with Gasteiger partial charge in [-0.2, -0.15) is 13.2 Å². The number of carboxylic acid groups (broad SMARTS) is 1. The Morgan fingerprint density at radius 3 is 2.58 bits per heavy atom. The summed E-state index contributed by atoms with van der Waals surface area (Å²) in [6.07, 6.45) is -4.16. The van der Waals surface area contributed by atoms with Gasteiger partial charge in [0, 0.05) is 6.54 Å². The molecule has 0 atom stereocenters. The van der Waals surface area contributed by atoms with E-state index < -0.39 is 18.1 Å². The highest BCUT2D eigenvalue weighted by molar-refractivity contribution is 5.98. The van der Waals surface area contributed by atoms with Crippen LogP contribution in [0.25, 0.3) is 0 Å². The zero-order valence-electron chi connectivity index (χ0n) is 9.57. The van der Waals surface area contributed by atoms with Crippen molar-refractivity contribution in [1.29, 1.82) is 0 Å². The lowest BCUT2D eigenvalue weighted by molar-refractivity contribution is -0.170. The maximum Gasteiger partial charge on any atom is 0.471 e. The van der Waals surface area contributed by atoms with Gasteiger partial charge in [0.15, 0.2) is 5.69 Å². The van der Waals surface area contributed by atoms with Gasteiger partial charge in [-0.15, -0.1) is 0 Å². The third kappa shape index (κ3) is 2.51. The fourth-order valence-electron chi connectivity index (χ4n) is 1.91. The molecule has 5 nitrogen and oxygen atoms in total. The lowest BCUT2D eigenvalue weighted by Gasteiger charge is -2.28. The Hall–Kier alpha value is -2.12. The molecule has 0 fully saturated rings. The Balaban J connectivity index is 2.45. The van der Waals surface area contributed by atoms with Crippen LogP contribution < -0.4 is 4.90 Å². The smallest absolute Gasteiger partial charge is 0.471 e. The monoisotopic (exact) mass is 274 g/mol. The molecule has 0 unspecified atom stereocenters. The number of aryl methyl sites for hydroxylation is 1. The average molecular weight is 274 g/mol. The Morgan fingerprint density at radius 2 is 2.00 bits per heavy atom. The lowest BCUT2D eigenvalue weighted by Crippen LogP contribution is -2.44. The summed E-state index contributed by atoms with van der Waals surface area (Å²) in [5.74, 6) is -3.59. The summed E-state index contributed by atoms with van der Waals surface area (Å²) in [6.45, 7) is -0.124. The Labute approximate surface area is 105 Å². The Bertz CT molecular complexity index is 542. The van der Waals surface area contributed by atoms with E-state index in [1.54, 1.807) is 0 Å². The van der Waals surface area contributed by atoms with E-state index in [1.807, 2.05) is 0 Å². The number of aromatic carboxylic acids is 1. The third-order valence-corrected chi connectivity index (χ3v) is 2.75. The minimum Gasteiger partial charge on any atom is -0.477 e. The number of hydrogen-bond donors (Lipinski definition) is 1. The van der Waals surface area contributed by atoms with Gasteiger partial charge in [-0.25, -0.2) is 9.78 Å². The maximum absolute atomic E-state index is 12.5. The largest absolute Gasteiger partial charge is 0.477 e. The molecule has 2 rings (SSSR count). The minimum atomic E-state index is -5.00. The molecule has 19 heavy (non-hydrogen) atoms. The molecule has 0 saturated carbocycles. The number of nitrogens with zero attached hydrogens (tertiary/aromatic N) is 2. The standard InChI is InChI=1S/C11H9F3N2O3/c12-11(13,14)10(19)16-5-1-2-6-3-4-7(9(17)18)15-8(6)16/h3-4H,1-2,5H2,(H,17,18). The SMILES string of the molecule is O=C(O)c1ccc2c(n1)N(C(=O)C(F)(F)F)CCC2. The first kappa shape index (κ1) is 13.3. The van der Waals surface area contributed by atoms with E-state index in [1.165, 1.54) is 12.1 Å². The van der Waals surface area contributed by atoms with Gasteiger partial charge in [-0.1, -0.05) is 6.07 Å². The fraction of sp³-hybridized carbons (Fsp3) is 0.364. The topological polar surface area (TPSA) is 70.5 Å². The average Bonchev–Trinajstić information content (AvgIpc) is 2.35. The number of rotatable bonds is 1. The van der Waals surface area contributed by atoms with Crippen LogP contribution in [0.5, 0.6) is 0 Å². The lowest BCUT2D eigenvalue weighted by atomic mass is 10.0. The molecule has 1 aromatic heterocycles. The summed E-state index contributed by atoms with van der Waals surface area (Å²) in [5, 5.41) is 8.78. The summed E-state index contributed by atoms with van der Waals surface area (Å²) < 4.78 is 37.4. The highest BCUT2D eigenvalue weighted by Gasteiger charge is 2.44. The Kier molecular flexibility index (Phi) is 3.17.